The maximum atomic E-state index is 12.7. The number of ether oxygens (including phenoxy) is 2. The zero-order valence-corrected chi connectivity index (χ0v) is 18.1. The zero-order valence-electron chi connectivity index (χ0n) is 17.3. The minimum atomic E-state index is -0.616. The Balaban J connectivity index is 2.22. The summed E-state index contributed by atoms with van der Waals surface area (Å²) in [5.74, 6) is -1.46. The molecule has 0 bridgehead atoms. The number of nitrogens with one attached hydrogen (secondary N) is 1. The highest BCUT2D eigenvalue weighted by Gasteiger charge is 2.27. The van der Waals surface area contributed by atoms with E-state index in [9.17, 15) is 14.4 Å². The molecule has 1 N–H and O–H groups in total. The molecule has 29 heavy (non-hydrogen) atoms. The van der Waals surface area contributed by atoms with E-state index in [4.69, 9.17) is 9.47 Å². The van der Waals surface area contributed by atoms with Gasteiger partial charge in [-0.15, -0.1) is 11.3 Å². The van der Waals surface area contributed by atoms with Crippen LogP contribution >= 0.6 is 11.3 Å². The molecule has 0 saturated carbocycles. The molecule has 1 amide bonds. The molecule has 0 fully saturated rings. The summed E-state index contributed by atoms with van der Waals surface area (Å²) in [6, 6.07) is 10.0. The summed E-state index contributed by atoms with van der Waals surface area (Å²) in [5.41, 5.74) is 1.70. The Morgan fingerprint density at radius 2 is 1.69 bits per heavy atom. The van der Waals surface area contributed by atoms with Gasteiger partial charge in [0, 0.05) is 12.6 Å². The van der Waals surface area contributed by atoms with Crippen molar-refractivity contribution in [1.82, 2.24) is 4.90 Å². The van der Waals surface area contributed by atoms with Gasteiger partial charge in [0.15, 0.2) is 0 Å². The van der Waals surface area contributed by atoms with Gasteiger partial charge in [-0.1, -0.05) is 30.3 Å². The highest BCUT2D eigenvalue weighted by Crippen LogP contribution is 2.34. The third-order valence-electron chi connectivity index (χ3n) is 4.47. The number of nitrogens with zero attached hydrogens (tertiary/aromatic N) is 1. The molecule has 156 valence electrons. The molecule has 2 aromatic rings. The van der Waals surface area contributed by atoms with Crippen molar-refractivity contribution in [3.8, 4) is 0 Å². The Morgan fingerprint density at radius 3 is 2.24 bits per heavy atom. The van der Waals surface area contributed by atoms with Crippen LogP contribution in [0.3, 0.4) is 0 Å². The molecule has 1 aromatic heterocycles. The Bertz CT molecular complexity index is 877. The summed E-state index contributed by atoms with van der Waals surface area (Å²) >= 11 is 1.00. The average Bonchev–Trinajstić information content (AvgIpc) is 3.02. The minimum Gasteiger partial charge on any atom is -0.465 e. The van der Waals surface area contributed by atoms with Gasteiger partial charge in [-0.25, -0.2) is 9.59 Å². The summed E-state index contributed by atoms with van der Waals surface area (Å²) < 4.78 is 9.58. The summed E-state index contributed by atoms with van der Waals surface area (Å²) in [7, 11) is 2.52. The van der Waals surface area contributed by atoms with E-state index in [0.717, 1.165) is 16.9 Å². The summed E-state index contributed by atoms with van der Waals surface area (Å²) in [6.07, 6.45) is 0. The van der Waals surface area contributed by atoms with Crippen LogP contribution in [0.5, 0.6) is 0 Å². The van der Waals surface area contributed by atoms with E-state index in [-0.39, 0.29) is 33.9 Å². The number of hydrogen-bond donors (Lipinski definition) is 1. The van der Waals surface area contributed by atoms with E-state index in [0.29, 0.717) is 12.1 Å². The van der Waals surface area contributed by atoms with Crippen LogP contribution in [0.4, 0.5) is 5.00 Å². The van der Waals surface area contributed by atoms with Crippen molar-refractivity contribution in [3.05, 3.63) is 51.9 Å². The molecule has 0 radical (unpaired) electrons. The molecule has 0 aliphatic carbocycles. The largest absolute Gasteiger partial charge is 0.465 e. The quantitative estimate of drug-likeness (QED) is 0.661. The molecule has 0 aliphatic rings. The predicted molar refractivity (Wildman–Crippen MR) is 112 cm³/mol. The van der Waals surface area contributed by atoms with Crippen molar-refractivity contribution in [1.29, 1.82) is 0 Å². The van der Waals surface area contributed by atoms with Gasteiger partial charge in [0.2, 0.25) is 5.91 Å². The van der Waals surface area contributed by atoms with Crippen LogP contribution in [0, 0.1) is 6.92 Å². The van der Waals surface area contributed by atoms with Crippen LogP contribution in [0.25, 0.3) is 0 Å². The van der Waals surface area contributed by atoms with Gasteiger partial charge in [0.1, 0.15) is 9.88 Å². The lowest BCUT2D eigenvalue weighted by molar-refractivity contribution is -0.117. The Labute approximate surface area is 174 Å². The number of thiophene rings is 1. The second kappa shape index (κ2) is 10.2. The second-order valence-electron chi connectivity index (χ2n) is 6.78. The highest BCUT2D eigenvalue weighted by atomic mass is 32.1. The lowest BCUT2D eigenvalue weighted by atomic mass is 10.1. The van der Waals surface area contributed by atoms with E-state index >= 15 is 0 Å². The van der Waals surface area contributed by atoms with Crippen LogP contribution in [-0.2, 0) is 20.8 Å². The van der Waals surface area contributed by atoms with Gasteiger partial charge >= 0.3 is 11.9 Å². The fourth-order valence-corrected chi connectivity index (χ4v) is 3.96. The molecule has 7 nitrogen and oxygen atoms in total. The lowest BCUT2D eigenvalue weighted by Crippen LogP contribution is -2.37. The van der Waals surface area contributed by atoms with Gasteiger partial charge in [0.05, 0.1) is 26.3 Å². The predicted octanol–water partition coefficient (Wildman–Crippen LogP) is 3.48. The molecule has 0 atom stereocenters. The third kappa shape index (κ3) is 5.65. The summed E-state index contributed by atoms with van der Waals surface area (Å²) in [4.78, 5) is 39.2. The molecular formula is C21H26N2O5S. The highest BCUT2D eigenvalue weighted by molar-refractivity contribution is 7.18. The molecule has 8 heteroatoms. The molecular weight excluding hydrogens is 392 g/mol. The first-order chi connectivity index (χ1) is 13.8. The van der Waals surface area contributed by atoms with Crippen LogP contribution in [-0.4, -0.2) is 49.6 Å². The maximum Gasteiger partial charge on any atom is 0.348 e. The average molecular weight is 419 g/mol. The zero-order chi connectivity index (χ0) is 21.6. The Kier molecular flexibility index (Phi) is 7.92. The number of carbonyl (C=O) groups excluding carboxylic acids is 3. The first-order valence-electron chi connectivity index (χ1n) is 9.16. The number of amides is 1. The van der Waals surface area contributed by atoms with E-state index in [1.807, 2.05) is 49.1 Å². The van der Waals surface area contributed by atoms with Crippen molar-refractivity contribution < 1.29 is 23.9 Å². The second-order valence-corrected chi connectivity index (χ2v) is 7.80. The molecule has 0 aliphatic heterocycles. The fourth-order valence-electron chi connectivity index (χ4n) is 2.83. The van der Waals surface area contributed by atoms with Gasteiger partial charge < -0.3 is 14.8 Å². The van der Waals surface area contributed by atoms with Crippen molar-refractivity contribution in [3.63, 3.8) is 0 Å². The van der Waals surface area contributed by atoms with E-state index in [2.05, 4.69) is 5.32 Å². The Morgan fingerprint density at radius 1 is 1.07 bits per heavy atom. The van der Waals surface area contributed by atoms with Crippen LogP contribution in [0.2, 0.25) is 0 Å². The number of benzene rings is 1. The van der Waals surface area contributed by atoms with E-state index in [1.165, 1.54) is 14.2 Å². The molecule has 0 unspecified atom stereocenters. The number of methoxy groups -OCH3 is 2. The van der Waals surface area contributed by atoms with Gasteiger partial charge in [-0.05, 0) is 31.9 Å². The van der Waals surface area contributed by atoms with Crippen LogP contribution < -0.4 is 5.32 Å². The van der Waals surface area contributed by atoms with Crippen LogP contribution in [0.15, 0.2) is 30.3 Å². The molecule has 0 saturated heterocycles. The first-order valence-corrected chi connectivity index (χ1v) is 9.98. The molecule has 1 heterocycles. The van der Waals surface area contributed by atoms with E-state index < -0.39 is 11.9 Å². The van der Waals surface area contributed by atoms with Gasteiger partial charge in [0.25, 0.3) is 0 Å². The number of esters is 2. The molecule has 0 spiro atoms. The smallest absolute Gasteiger partial charge is 0.348 e. The SMILES string of the molecule is COC(=O)c1sc(NC(=O)CN(Cc2ccccc2)C(C)C)c(C(=O)OC)c1C. The summed E-state index contributed by atoms with van der Waals surface area (Å²) in [6.45, 7) is 6.41. The topological polar surface area (TPSA) is 84.9 Å². The first kappa shape index (κ1) is 22.6. The number of anilines is 1. The maximum absolute atomic E-state index is 12.7. The van der Waals surface area contributed by atoms with E-state index in [1.54, 1.807) is 6.92 Å². The fraction of sp³-hybridized carbons (Fsp3) is 0.381. The number of hydrogen-bond acceptors (Lipinski definition) is 7. The van der Waals surface area contributed by atoms with Crippen molar-refractivity contribution in [2.24, 2.45) is 0 Å². The monoisotopic (exact) mass is 418 g/mol. The van der Waals surface area contributed by atoms with Gasteiger partial charge in [-0.3, -0.25) is 9.69 Å². The number of carbonyl (C=O) groups is 3. The van der Waals surface area contributed by atoms with Gasteiger partial charge in [-0.2, -0.15) is 0 Å². The third-order valence-corrected chi connectivity index (χ3v) is 5.65. The van der Waals surface area contributed by atoms with Crippen molar-refractivity contribution >= 4 is 34.2 Å². The standard InChI is InChI=1S/C21H26N2O5S/c1-13(2)23(11-15-9-7-6-8-10-15)12-16(24)22-19-17(20(25)27-4)14(3)18(29-19)21(26)28-5/h6-10,13H,11-12H2,1-5H3,(H,22,24). The number of rotatable bonds is 8. The van der Waals surface area contributed by atoms with Crippen molar-refractivity contribution in [2.75, 3.05) is 26.1 Å². The molecule has 2 rings (SSSR count). The lowest BCUT2D eigenvalue weighted by Gasteiger charge is -2.25. The van der Waals surface area contributed by atoms with Crippen LogP contribution in [0.1, 0.15) is 45.0 Å². The Hall–Kier alpha value is -2.71. The normalized spacial score (nSPS) is 10.9. The molecule has 1 aromatic carbocycles. The van der Waals surface area contributed by atoms with Crippen molar-refractivity contribution in [2.45, 2.75) is 33.4 Å². The summed E-state index contributed by atoms with van der Waals surface area (Å²) in [5, 5.41) is 3.05. The minimum absolute atomic E-state index is 0.136.